The van der Waals surface area contributed by atoms with Gasteiger partial charge in [0, 0.05) is 18.6 Å². The fourth-order valence-electron chi connectivity index (χ4n) is 2.52. The summed E-state index contributed by atoms with van der Waals surface area (Å²) in [5, 5.41) is 0. The van der Waals surface area contributed by atoms with Gasteiger partial charge < -0.3 is 10.6 Å². The molecule has 2 N–H and O–H groups in total. The Balaban J connectivity index is 2.06. The lowest BCUT2D eigenvalue weighted by molar-refractivity contribution is 0.281. The molecule has 0 aromatic rings. The molecule has 1 aliphatic heterocycles. The van der Waals surface area contributed by atoms with Crippen LogP contribution < -0.4 is 5.73 Å². The van der Waals surface area contributed by atoms with Gasteiger partial charge in [-0.3, -0.25) is 0 Å². The summed E-state index contributed by atoms with van der Waals surface area (Å²) in [7, 11) is 2.22. The highest BCUT2D eigenvalue weighted by molar-refractivity contribution is 4.92. The first-order valence-corrected chi connectivity index (χ1v) is 4.21. The van der Waals surface area contributed by atoms with E-state index in [1.807, 2.05) is 0 Å². The topological polar surface area (TPSA) is 29.3 Å². The number of hydrogen-bond acceptors (Lipinski definition) is 2. The first-order chi connectivity index (χ1) is 4.75. The minimum Gasteiger partial charge on any atom is -0.328 e. The van der Waals surface area contributed by atoms with Crippen molar-refractivity contribution < 1.29 is 0 Å². The Hall–Kier alpha value is -0.0800. The van der Waals surface area contributed by atoms with Crippen LogP contribution in [-0.4, -0.2) is 30.6 Å². The number of nitrogens with two attached hydrogens (primary N) is 1. The maximum atomic E-state index is 5.89. The Bertz CT molecular complexity index is 130. The molecule has 1 aliphatic carbocycles. The van der Waals surface area contributed by atoms with Gasteiger partial charge >= 0.3 is 0 Å². The minimum atomic E-state index is 0.494. The largest absolute Gasteiger partial charge is 0.328 e. The number of hydrogen-bond donors (Lipinski definition) is 1. The van der Waals surface area contributed by atoms with Gasteiger partial charge in [-0.15, -0.1) is 0 Å². The Morgan fingerprint density at radius 2 is 2.10 bits per heavy atom. The van der Waals surface area contributed by atoms with Crippen LogP contribution in [0.3, 0.4) is 0 Å². The van der Waals surface area contributed by atoms with Gasteiger partial charge in [0.1, 0.15) is 0 Å². The molecular formula is C8H16N2. The van der Waals surface area contributed by atoms with E-state index in [1.165, 1.54) is 25.8 Å². The van der Waals surface area contributed by atoms with Crippen molar-refractivity contribution in [3.63, 3.8) is 0 Å². The summed E-state index contributed by atoms with van der Waals surface area (Å²) in [6.45, 7) is 1.29. The van der Waals surface area contributed by atoms with E-state index in [0.717, 1.165) is 12.0 Å². The molecule has 1 saturated heterocycles. The number of fused-ring (bicyclic) bond motifs is 2. The average Bonchev–Trinajstić information content (AvgIpc) is 2.07. The van der Waals surface area contributed by atoms with Crippen LogP contribution in [0.15, 0.2) is 0 Å². The molecule has 2 unspecified atom stereocenters. The molecule has 1 heterocycles. The SMILES string of the molecule is CN1CC2CC1C[C@H](N)C2. The molecule has 2 heteroatoms. The molecule has 0 aromatic carbocycles. The van der Waals surface area contributed by atoms with E-state index < -0.39 is 0 Å². The lowest BCUT2D eigenvalue weighted by atomic mass is 9.87. The molecule has 3 atom stereocenters. The lowest BCUT2D eigenvalue weighted by Gasteiger charge is -2.25. The van der Waals surface area contributed by atoms with Crippen LogP contribution >= 0.6 is 0 Å². The molecule has 58 valence electrons. The molecule has 2 nitrogen and oxygen atoms in total. The van der Waals surface area contributed by atoms with E-state index in [-0.39, 0.29) is 0 Å². The highest BCUT2D eigenvalue weighted by atomic mass is 15.2. The Morgan fingerprint density at radius 3 is 2.80 bits per heavy atom. The summed E-state index contributed by atoms with van der Waals surface area (Å²) in [6.07, 6.45) is 3.90. The van der Waals surface area contributed by atoms with E-state index in [9.17, 15) is 0 Å². The second kappa shape index (κ2) is 2.21. The zero-order valence-corrected chi connectivity index (χ0v) is 6.59. The molecule has 0 radical (unpaired) electrons. The van der Waals surface area contributed by atoms with Crippen molar-refractivity contribution in [2.45, 2.75) is 31.3 Å². The highest BCUT2D eigenvalue weighted by Gasteiger charge is 2.35. The Kier molecular flexibility index (Phi) is 1.46. The van der Waals surface area contributed by atoms with Gasteiger partial charge in [-0.05, 0) is 32.2 Å². The van der Waals surface area contributed by atoms with Crippen LogP contribution in [0.25, 0.3) is 0 Å². The molecule has 1 saturated carbocycles. The fourth-order valence-corrected chi connectivity index (χ4v) is 2.52. The second-order valence-corrected chi connectivity index (χ2v) is 3.93. The van der Waals surface area contributed by atoms with Crippen LogP contribution in [0.1, 0.15) is 19.3 Å². The van der Waals surface area contributed by atoms with Crippen molar-refractivity contribution >= 4 is 0 Å². The van der Waals surface area contributed by atoms with Gasteiger partial charge in [0.2, 0.25) is 0 Å². The number of rotatable bonds is 0. The minimum absolute atomic E-state index is 0.494. The third kappa shape index (κ3) is 0.956. The summed E-state index contributed by atoms with van der Waals surface area (Å²) < 4.78 is 0. The third-order valence-corrected chi connectivity index (χ3v) is 2.99. The van der Waals surface area contributed by atoms with E-state index >= 15 is 0 Å². The number of likely N-dealkylation sites (tertiary alicyclic amines) is 1. The standard InChI is InChI=1S/C8H16N2/c1-10-5-6-2-7(9)4-8(10)3-6/h6-8H,2-5,9H2,1H3/t6?,7-,8?/m1/s1. The number of nitrogens with zero attached hydrogens (tertiary/aromatic N) is 1. The van der Waals surface area contributed by atoms with E-state index in [2.05, 4.69) is 11.9 Å². The molecule has 2 bridgehead atoms. The molecule has 2 aliphatic rings. The molecule has 2 rings (SSSR count). The van der Waals surface area contributed by atoms with Gasteiger partial charge in [-0.2, -0.15) is 0 Å². The molecular weight excluding hydrogens is 124 g/mol. The lowest BCUT2D eigenvalue weighted by Crippen LogP contribution is -2.34. The summed E-state index contributed by atoms with van der Waals surface area (Å²) in [6, 6.07) is 1.31. The second-order valence-electron chi connectivity index (χ2n) is 3.93. The van der Waals surface area contributed by atoms with Crippen molar-refractivity contribution in [3.05, 3.63) is 0 Å². The van der Waals surface area contributed by atoms with E-state index in [1.54, 1.807) is 0 Å². The summed E-state index contributed by atoms with van der Waals surface area (Å²) in [5.41, 5.74) is 5.89. The van der Waals surface area contributed by atoms with Crippen molar-refractivity contribution in [2.24, 2.45) is 11.7 Å². The average molecular weight is 140 g/mol. The van der Waals surface area contributed by atoms with Crippen molar-refractivity contribution in [1.82, 2.24) is 4.90 Å². The van der Waals surface area contributed by atoms with Crippen LogP contribution in [0.4, 0.5) is 0 Å². The molecule has 0 spiro atoms. The molecule has 10 heavy (non-hydrogen) atoms. The predicted octanol–water partition coefficient (Wildman–Crippen LogP) is 0.428. The van der Waals surface area contributed by atoms with Gasteiger partial charge in [0.15, 0.2) is 0 Å². The highest BCUT2D eigenvalue weighted by Crippen LogP contribution is 2.33. The molecule has 0 aromatic heterocycles. The van der Waals surface area contributed by atoms with Crippen LogP contribution in [0.2, 0.25) is 0 Å². The quantitative estimate of drug-likeness (QED) is 0.528. The van der Waals surface area contributed by atoms with Crippen LogP contribution in [0, 0.1) is 5.92 Å². The smallest absolute Gasteiger partial charge is 0.0110 e. The molecule has 0 amide bonds. The summed E-state index contributed by atoms with van der Waals surface area (Å²) >= 11 is 0. The van der Waals surface area contributed by atoms with E-state index in [0.29, 0.717) is 6.04 Å². The first kappa shape index (κ1) is 6.62. The molecule has 2 fully saturated rings. The summed E-state index contributed by atoms with van der Waals surface area (Å²) in [5.74, 6) is 0.916. The van der Waals surface area contributed by atoms with E-state index in [4.69, 9.17) is 5.73 Å². The first-order valence-electron chi connectivity index (χ1n) is 4.21. The Morgan fingerprint density at radius 1 is 1.30 bits per heavy atom. The van der Waals surface area contributed by atoms with Crippen LogP contribution in [-0.2, 0) is 0 Å². The Labute approximate surface area is 62.4 Å². The third-order valence-electron chi connectivity index (χ3n) is 2.99. The zero-order valence-electron chi connectivity index (χ0n) is 6.59. The van der Waals surface area contributed by atoms with Crippen molar-refractivity contribution in [1.29, 1.82) is 0 Å². The van der Waals surface area contributed by atoms with Gasteiger partial charge in [0.05, 0.1) is 0 Å². The zero-order chi connectivity index (χ0) is 7.14. The van der Waals surface area contributed by atoms with Gasteiger partial charge in [-0.25, -0.2) is 0 Å². The maximum absolute atomic E-state index is 5.89. The summed E-state index contributed by atoms with van der Waals surface area (Å²) in [4.78, 5) is 2.47. The van der Waals surface area contributed by atoms with Crippen molar-refractivity contribution in [3.8, 4) is 0 Å². The normalized spacial score (nSPS) is 48.0. The van der Waals surface area contributed by atoms with Gasteiger partial charge in [0.25, 0.3) is 0 Å². The predicted molar refractivity (Wildman–Crippen MR) is 41.7 cm³/mol. The van der Waals surface area contributed by atoms with Gasteiger partial charge in [-0.1, -0.05) is 0 Å². The monoisotopic (exact) mass is 140 g/mol. The van der Waals surface area contributed by atoms with Crippen LogP contribution in [0.5, 0.6) is 0 Å². The fraction of sp³-hybridized carbons (Fsp3) is 1.00. The maximum Gasteiger partial charge on any atom is 0.0110 e. The van der Waals surface area contributed by atoms with Crippen molar-refractivity contribution in [2.75, 3.05) is 13.6 Å².